The molecule has 2 saturated heterocycles. The van der Waals surface area contributed by atoms with Crippen molar-refractivity contribution in [3.8, 4) is 0 Å². The summed E-state index contributed by atoms with van der Waals surface area (Å²) in [4.78, 5) is 38.5. The van der Waals surface area contributed by atoms with Crippen LogP contribution >= 0.6 is 0 Å². The Morgan fingerprint density at radius 2 is 2.14 bits per heavy atom. The van der Waals surface area contributed by atoms with Gasteiger partial charge in [-0.2, -0.15) is 0 Å². The van der Waals surface area contributed by atoms with Crippen LogP contribution in [0, 0.1) is 11.3 Å². The number of rotatable bonds is 5. The van der Waals surface area contributed by atoms with Gasteiger partial charge in [-0.15, -0.1) is 6.58 Å². The molecule has 0 unspecified atom stereocenters. The van der Waals surface area contributed by atoms with E-state index in [1.165, 1.54) is 12.8 Å². The number of nitrogens with zero attached hydrogens (tertiary/aromatic N) is 4. The van der Waals surface area contributed by atoms with E-state index >= 15 is 0 Å². The molecule has 2 amide bonds. The molecule has 0 spiro atoms. The van der Waals surface area contributed by atoms with Crippen LogP contribution in [0.15, 0.2) is 18.9 Å². The predicted molar refractivity (Wildman–Crippen MR) is 111 cm³/mol. The highest BCUT2D eigenvalue weighted by Gasteiger charge is 2.38. The van der Waals surface area contributed by atoms with Crippen LogP contribution in [0.2, 0.25) is 0 Å². The second kappa shape index (κ2) is 7.76. The molecule has 3 heterocycles. The number of hydrogen-bond donors (Lipinski definition) is 1. The summed E-state index contributed by atoms with van der Waals surface area (Å²) in [7, 11) is 0. The second-order valence-corrected chi connectivity index (χ2v) is 9.36. The molecule has 2 fully saturated rings. The number of likely N-dealkylation sites (tertiary alicyclic amines) is 1. The lowest BCUT2D eigenvalue weighted by molar-refractivity contribution is -0.129. The number of anilines is 1. The summed E-state index contributed by atoms with van der Waals surface area (Å²) >= 11 is 0. The van der Waals surface area contributed by atoms with E-state index in [2.05, 4.69) is 35.6 Å². The maximum Gasteiger partial charge on any atom is 0.225 e. The topological polar surface area (TPSA) is 78.4 Å². The van der Waals surface area contributed by atoms with E-state index in [1.54, 1.807) is 11.0 Å². The van der Waals surface area contributed by atoms with Crippen LogP contribution in [0.25, 0.3) is 0 Å². The molecule has 0 radical (unpaired) electrons. The van der Waals surface area contributed by atoms with Gasteiger partial charge in [0, 0.05) is 44.4 Å². The Hall–Kier alpha value is -2.44. The monoisotopic (exact) mass is 397 g/mol. The number of amides is 2. The van der Waals surface area contributed by atoms with Crippen molar-refractivity contribution in [1.82, 2.24) is 20.2 Å². The molecule has 2 aliphatic heterocycles. The minimum atomic E-state index is -0.305. The Morgan fingerprint density at radius 3 is 2.86 bits per heavy atom. The van der Waals surface area contributed by atoms with Gasteiger partial charge < -0.3 is 15.1 Å². The minimum Gasteiger partial charge on any atom is -0.349 e. The Balaban J connectivity index is 1.51. The zero-order valence-corrected chi connectivity index (χ0v) is 17.5. The number of carbonyl (C=O) groups is 2. The van der Waals surface area contributed by atoms with Crippen molar-refractivity contribution in [2.24, 2.45) is 11.3 Å². The lowest BCUT2D eigenvalue weighted by Gasteiger charge is -2.37. The summed E-state index contributed by atoms with van der Waals surface area (Å²) in [6.07, 6.45) is 7.98. The van der Waals surface area contributed by atoms with Crippen molar-refractivity contribution < 1.29 is 9.59 Å². The molecule has 0 bridgehead atoms. The van der Waals surface area contributed by atoms with Gasteiger partial charge in [-0.3, -0.25) is 9.59 Å². The van der Waals surface area contributed by atoms with Gasteiger partial charge in [0.1, 0.15) is 0 Å². The van der Waals surface area contributed by atoms with E-state index in [9.17, 15) is 9.59 Å². The molecule has 1 N–H and O–H groups in total. The third kappa shape index (κ3) is 4.14. The third-order valence-corrected chi connectivity index (χ3v) is 6.31. The van der Waals surface area contributed by atoms with Crippen LogP contribution in [-0.2, 0) is 16.0 Å². The van der Waals surface area contributed by atoms with Crippen molar-refractivity contribution in [2.75, 3.05) is 31.1 Å². The van der Waals surface area contributed by atoms with Gasteiger partial charge in [0.05, 0.1) is 17.7 Å². The average molecular weight is 398 g/mol. The Bertz CT molecular complexity index is 815. The zero-order chi connectivity index (χ0) is 20.6. The van der Waals surface area contributed by atoms with Gasteiger partial charge in [-0.25, -0.2) is 9.97 Å². The zero-order valence-electron chi connectivity index (χ0n) is 17.5. The summed E-state index contributed by atoms with van der Waals surface area (Å²) < 4.78 is 0. The lowest BCUT2D eigenvalue weighted by Crippen LogP contribution is -2.40. The maximum absolute atomic E-state index is 12.9. The van der Waals surface area contributed by atoms with Crippen LogP contribution in [-0.4, -0.2) is 52.9 Å². The highest BCUT2D eigenvalue weighted by molar-refractivity contribution is 5.89. The van der Waals surface area contributed by atoms with Crippen LogP contribution < -0.4 is 10.2 Å². The molecule has 1 aromatic rings. The number of hydrogen-bond acceptors (Lipinski definition) is 5. The van der Waals surface area contributed by atoms with Crippen LogP contribution in [0.3, 0.4) is 0 Å². The molecule has 2 atom stereocenters. The predicted octanol–water partition coefficient (Wildman–Crippen LogP) is 2.24. The molecular formula is C22H31N5O2. The molecule has 4 rings (SSSR count). The van der Waals surface area contributed by atoms with E-state index < -0.39 is 0 Å². The van der Waals surface area contributed by atoms with Crippen molar-refractivity contribution in [1.29, 1.82) is 0 Å². The molecule has 7 nitrogen and oxygen atoms in total. The molecular weight excluding hydrogens is 366 g/mol. The molecule has 1 aliphatic carbocycles. The van der Waals surface area contributed by atoms with Crippen molar-refractivity contribution in [2.45, 2.75) is 52.0 Å². The Morgan fingerprint density at radius 1 is 1.38 bits per heavy atom. The first-order valence-corrected chi connectivity index (χ1v) is 10.7. The highest BCUT2D eigenvalue weighted by Crippen LogP contribution is 2.40. The molecule has 1 aromatic heterocycles. The fourth-order valence-electron chi connectivity index (χ4n) is 4.80. The molecule has 29 heavy (non-hydrogen) atoms. The maximum atomic E-state index is 12.9. The fourth-order valence-corrected chi connectivity index (χ4v) is 4.80. The summed E-state index contributed by atoms with van der Waals surface area (Å²) in [5.74, 6) is 0.474. The highest BCUT2D eigenvalue weighted by atomic mass is 16.2. The number of carbonyl (C=O) groups excluding carboxylic acids is 2. The molecule has 156 valence electrons. The number of aromatic nitrogens is 2. The SMILES string of the molecule is C=CCN1C[C@H](C(=O)N[C@@H]2CC(C)(C)Cc3nc(N4CCCC4)ncc32)CC1=O. The van der Waals surface area contributed by atoms with E-state index in [4.69, 9.17) is 4.98 Å². The average Bonchev–Trinajstić information content (AvgIpc) is 3.31. The number of nitrogens with one attached hydrogen (secondary N) is 1. The van der Waals surface area contributed by atoms with Gasteiger partial charge >= 0.3 is 0 Å². The first kappa shape index (κ1) is 19.9. The van der Waals surface area contributed by atoms with Crippen molar-refractivity contribution in [3.05, 3.63) is 30.1 Å². The summed E-state index contributed by atoms with van der Waals surface area (Å²) in [5, 5.41) is 3.21. The minimum absolute atomic E-state index is 0.0213. The van der Waals surface area contributed by atoms with Gasteiger partial charge in [-0.05, 0) is 31.1 Å². The van der Waals surface area contributed by atoms with Crippen molar-refractivity contribution >= 4 is 17.8 Å². The second-order valence-electron chi connectivity index (χ2n) is 9.36. The molecule has 3 aliphatic rings. The number of fused-ring (bicyclic) bond motifs is 1. The lowest BCUT2D eigenvalue weighted by atomic mass is 9.74. The van der Waals surface area contributed by atoms with E-state index in [1.807, 2.05) is 6.20 Å². The van der Waals surface area contributed by atoms with Crippen LogP contribution in [0.4, 0.5) is 5.95 Å². The molecule has 7 heteroatoms. The van der Waals surface area contributed by atoms with E-state index in [0.717, 1.165) is 43.1 Å². The normalized spacial score (nSPS) is 25.8. The molecule has 0 saturated carbocycles. The third-order valence-electron chi connectivity index (χ3n) is 6.31. The van der Waals surface area contributed by atoms with Crippen LogP contribution in [0.5, 0.6) is 0 Å². The first-order valence-electron chi connectivity index (χ1n) is 10.7. The van der Waals surface area contributed by atoms with Gasteiger partial charge in [-0.1, -0.05) is 19.9 Å². The summed E-state index contributed by atoms with van der Waals surface area (Å²) in [6, 6.07) is -0.113. The quantitative estimate of drug-likeness (QED) is 0.771. The van der Waals surface area contributed by atoms with Gasteiger partial charge in [0.25, 0.3) is 0 Å². The van der Waals surface area contributed by atoms with Gasteiger partial charge in [0.2, 0.25) is 17.8 Å². The summed E-state index contributed by atoms with van der Waals surface area (Å²) in [6.45, 7) is 11.1. The fraction of sp³-hybridized carbons (Fsp3) is 0.636. The smallest absolute Gasteiger partial charge is 0.225 e. The van der Waals surface area contributed by atoms with E-state index in [0.29, 0.717) is 13.1 Å². The molecule has 0 aromatic carbocycles. The summed E-state index contributed by atoms with van der Waals surface area (Å²) in [5.41, 5.74) is 2.11. The first-order chi connectivity index (χ1) is 13.9. The van der Waals surface area contributed by atoms with Crippen LogP contribution in [0.1, 0.15) is 56.8 Å². The van der Waals surface area contributed by atoms with E-state index in [-0.39, 0.29) is 35.6 Å². The largest absolute Gasteiger partial charge is 0.349 e. The Kier molecular flexibility index (Phi) is 5.32. The van der Waals surface area contributed by atoms with Crippen molar-refractivity contribution in [3.63, 3.8) is 0 Å². The standard InChI is InChI=1S/C22H31N5O2/c1-4-7-27-14-15(10-19(27)28)20(29)24-17-11-22(2,3)12-18-16(17)13-23-21(25-18)26-8-5-6-9-26/h4,13,15,17H,1,5-12,14H2,2-3H3,(H,24,29)/t15-,17-/m1/s1. The Labute approximate surface area is 172 Å². The van der Waals surface area contributed by atoms with Gasteiger partial charge in [0.15, 0.2) is 0 Å².